The van der Waals surface area contributed by atoms with Crippen molar-refractivity contribution in [3.63, 3.8) is 0 Å². The number of hydrogen-bond acceptors (Lipinski definition) is 5. The minimum Gasteiger partial charge on any atom is -0.246 e. The van der Waals surface area contributed by atoms with E-state index in [0.29, 0.717) is 17.5 Å². The van der Waals surface area contributed by atoms with Gasteiger partial charge in [0, 0.05) is 48.7 Å². The van der Waals surface area contributed by atoms with Gasteiger partial charge >= 0.3 is 0 Å². The van der Waals surface area contributed by atoms with Crippen LogP contribution in [0.4, 0.5) is 0 Å². The van der Waals surface area contributed by atoms with Gasteiger partial charge in [-0.05, 0) is 50.0 Å². The summed E-state index contributed by atoms with van der Waals surface area (Å²) < 4.78 is 2.42. The summed E-state index contributed by atoms with van der Waals surface area (Å²) in [5.41, 5.74) is 8.06. The second kappa shape index (κ2) is 13.5. The molecule has 59 heavy (non-hydrogen) atoms. The van der Waals surface area contributed by atoms with Gasteiger partial charge in [0.05, 0.1) is 15.9 Å². The Morgan fingerprint density at radius 1 is 0.305 bits per heavy atom. The molecule has 0 bridgehead atoms. The number of benzene rings is 9. The van der Waals surface area contributed by atoms with Gasteiger partial charge in [0.15, 0.2) is 17.5 Å². The fourth-order valence-corrected chi connectivity index (χ4v) is 9.96. The van der Waals surface area contributed by atoms with Crippen LogP contribution in [0.5, 0.6) is 0 Å². The maximum atomic E-state index is 5.62. The maximum absolute atomic E-state index is 5.62. The van der Waals surface area contributed by atoms with Gasteiger partial charge in [-0.1, -0.05) is 182 Å². The number of para-hydroxylation sites is 1. The molecular formula is C54H32N4S. The molecule has 3 heterocycles. The van der Waals surface area contributed by atoms with Crippen LogP contribution >= 0.6 is 11.3 Å². The van der Waals surface area contributed by atoms with Crippen LogP contribution in [-0.4, -0.2) is 19.9 Å². The molecule has 0 saturated carbocycles. The molecule has 3 aromatic heterocycles. The molecule has 0 amide bonds. The second-order valence-electron chi connectivity index (χ2n) is 14.9. The molecule has 0 aliphatic heterocycles. The zero-order chi connectivity index (χ0) is 38.9. The highest BCUT2D eigenvalue weighted by atomic mass is 32.1. The number of nitrogens with zero attached hydrogens (tertiary/aromatic N) is 4. The van der Waals surface area contributed by atoms with Gasteiger partial charge in [-0.3, -0.25) is 0 Å². The van der Waals surface area contributed by atoms with Gasteiger partial charge in [0.25, 0.3) is 0 Å². The van der Waals surface area contributed by atoms with Gasteiger partial charge < -0.3 is 0 Å². The standard InChI is InChI=1S/C54H32N4S/c1-3-14-34(15-4-1)52-56-53(35-16-5-2-6-17-35)58-54(57-52)36-28-26-33(27-29-36)49-51-48(44-22-11-12-25-47(44)59-51)45-24-13-23-38(50(45)55-49)37-30-31-43-41-20-8-7-18-39(41)40-19-9-10-21-42(40)46(43)32-37/h1-32H. The Kier molecular flexibility index (Phi) is 7.68. The predicted octanol–water partition coefficient (Wildman–Crippen LogP) is 14.6. The summed E-state index contributed by atoms with van der Waals surface area (Å²) in [6.07, 6.45) is 0. The lowest BCUT2D eigenvalue weighted by atomic mass is 9.91. The maximum Gasteiger partial charge on any atom is 0.164 e. The van der Waals surface area contributed by atoms with Gasteiger partial charge in [0.2, 0.25) is 0 Å². The molecule has 9 aromatic carbocycles. The van der Waals surface area contributed by atoms with E-state index < -0.39 is 0 Å². The lowest BCUT2D eigenvalue weighted by molar-refractivity contribution is 1.07. The smallest absolute Gasteiger partial charge is 0.164 e. The summed E-state index contributed by atoms with van der Waals surface area (Å²) in [5.74, 6) is 1.91. The lowest BCUT2D eigenvalue weighted by Crippen LogP contribution is -2.00. The van der Waals surface area contributed by atoms with Crippen LogP contribution in [-0.2, 0) is 0 Å². The summed E-state index contributed by atoms with van der Waals surface area (Å²) in [7, 11) is 0. The third-order valence-electron chi connectivity index (χ3n) is 11.5. The van der Waals surface area contributed by atoms with E-state index in [2.05, 4.69) is 133 Å². The van der Waals surface area contributed by atoms with E-state index in [1.165, 1.54) is 52.5 Å². The van der Waals surface area contributed by atoms with Crippen LogP contribution in [0.15, 0.2) is 194 Å². The molecule has 0 radical (unpaired) electrons. The van der Waals surface area contributed by atoms with Crippen molar-refractivity contribution in [1.29, 1.82) is 0 Å². The quantitative estimate of drug-likeness (QED) is 0.164. The van der Waals surface area contributed by atoms with Gasteiger partial charge in [-0.15, -0.1) is 11.3 Å². The highest BCUT2D eigenvalue weighted by molar-refractivity contribution is 7.26. The first-order valence-corrected chi connectivity index (χ1v) is 20.6. The molecule has 0 atom stereocenters. The van der Waals surface area contributed by atoms with Crippen LogP contribution < -0.4 is 0 Å². The molecule has 0 spiro atoms. The first-order chi connectivity index (χ1) is 29.2. The van der Waals surface area contributed by atoms with Crippen molar-refractivity contribution in [3.05, 3.63) is 194 Å². The molecule has 0 aliphatic rings. The highest BCUT2D eigenvalue weighted by Gasteiger charge is 2.20. The molecule has 12 aromatic rings. The average Bonchev–Trinajstić information content (AvgIpc) is 3.72. The summed E-state index contributed by atoms with van der Waals surface area (Å²) in [4.78, 5) is 20.5. The Bertz CT molecular complexity index is 3500. The molecule has 0 N–H and O–H groups in total. The van der Waals surface area contributed by atoms with E-state index >= 15 is 0 Å². The SMILES string of the molecule is c1ccc(-c2nc(-c3ccccc3)nc(-c3ccc(-c4nc5c(-c6ccc7c8ccccc8c8ccccc8c7c6)cccc5c5c4sc4ccccc45)cc3)n2)cc1. The van der Waals surface area contributed by atoms with Crippen LogP contribution in [0.2, 0.25) is 0 Å². The van der Waals surface area contributed by atoms with Crippen LogP contribution in [0.1, 0.15) is 0 Å². The fraction of sp³-hybridized carbons (Fsp3) is 0. The van der Waals surface area contributed by atoms with Crippen molar-refractivity contribution in [3.8, 4) is 56.5 Å². The van der Waals surface area contributed by atoms with Crippen molar-refractivity contribution >= 4 is 74.7 Å². The minimum atomic E-state index is 0.627. The summed E-state index contributed by atoms with van der Waals surface area (Å²) in [5, 5.41) is 11.2. The van der Waals surface area contributed by atoms with E-state index in [1.54, 1.807) is 0 Å². The normalized spacial score (nSPS) is 11.7. The summed E-state index contributed by atoms with van der Waals surface area (Å²) in [6, 6.07) is 68.6. The van der Waals surface area contributed by atoms with Gasteiger partial charge in [-0.2, -0.15) is 0 Å². The largest absolute Gasteiger partial charge is 0.246 e. The van der Waals surface area contributed by atoms with Crippen LogP contribution in [0, 0.1) is 0 Å². The molecule has 0 saturated heterocycles. The third-order valence-corrected chi connectivity index (χ3v) is 12.7. The van der Waals surface area contributed by atoms with Crippen molar-refractivity contribution in [2.24, 2.45) is 0 Å². The Morgan fingerprint density at radius 3 is 1.37 bits per heavy atom. The number of hydrogen-bond donors (Lipinski definition) is 0. The Hall–Kier alpha value is -7.60. The number of aromatic nitrogens is 4. The van der Waals surface area contributed by atoms with Gasteiger partial charge in [0.1, 0.15) is 0 Å². The molecule has 5 heteroatoms. The molecule has 0 fully saturated rings. The number of pyridine rings is 1. The second-order valence-corrected chi connectivity index (χ2v) is 16.0. The number of thiophene rings is 1. The molecule has 12 rings (SSSR count). The Morgan fingerprint density at radius 2 is 0.763 bits per heavy atom. The predicted molar refractivity (Wildman–Crippen MR) is 248 cm³/mol. The molecule has 0 aliphatic carbocycles. The van der Waals surface area contributed by atoms with E-state index in [-0.39, 0.29) is 0 Å². The topological polar surface area (TPSA) is 51.6 Å². The van der Waals surface area contributed by atoms with Gasteiger partial charge in [-0.25, -0.2) is 19.9 Å². The molecule has 0 unspecified atom stereocenters. The van der Waals surface area contributed by atoms with Crippen molar-refractivity contribution in [2.75, 3.05) is 0 Å². The van der Waals surface area contributed by atoms with Crippen molar-refractivity contribution in [2.45, 2.75) is 0 Å². The Labute approximate surface area is 343 Å². The highest BCUT2D eigenvalue weighted by Crippen LogP contribution is 2.45. The summed E-state index contributed by atoms with van der Waals surface area (Å²) >= 11 is 1.81. The van der Waals surface area contributed by atoms with Crippen LogP contribution in [0.25, 0.3) is 120 Å². The van der Waals surface area contributed by atoms with E-state index in [4.69, 9.17) is 19.9 Å². The molecular weight excluding hydrogens is 737 g/mol. The number of fused-ring (bicyclic) bond motifs is 11. The molecule has 274 valence electrons. The summed E-state index contributed by atoms with van der Waals surface area (Å²) in [6.45, 7) is 0. The van der Waals surface area contributed by atoms with Crippen molar-refractivity contribution < 1.29 is 0 Å². The number of rotatable bonds is 5. The van der Waals surface area contributed by atoms with Crippen LogP contribution in [0.3, 0.4) is 0 Å². The monoisotopic (exact) mass is 768 g/mol. The zero-order valence-electron chi connectivity index (χ0n) is 31.7. The van der Waals surface area contributed by atoms with E-state index in [9.17, 15) is 0 Å². The van der Waals surface area contributed by atoms with Crippen molar-refractivity contribution in [1.82, 2.24) is 19.9 Å². The first kappa shape index (κ1) is 33.5. The molecule has 4 nitrogen and oxygen atoms in total. The fourth-order valence-electron chi connectivity index (χ4n) is 8.73. The first-order valence-electron chi connectivity index (χ1n) is 19.8. The lowest BCUT2D eigenvalue weighted by Gasteiger charge is -2.14. The van der Waals surface area contributed by atoms with E-state index in [0.717, 1.165) is 50.0 Å². The van der Waals surface area contributed by atoms with E-state index in [1.807, 2.05) is 72.0 Å². The zero-order valence-corrected chi connectivity index (χ0v) is 32.5. The Balaban J connectivity index is 1.05. The average molecular weight is 769 g/mol. The minimum absolute atomic E-state index is 0.627. The third kappa shape index (κ3) is 5.51.